The molecule has 0 spiro atoms. The van der Waals surface area contributed by atoms with Crippen LogP contribution in [0.15, 0.2) is 24.8 Å². The van der Waals surface area contributed by atoms with E-state index in [-0.39, 0.29) is 5.91 Å². The average molecular weight is 303 g/mol. The molecule has 2 heterocycles. The van der Waals surface area contributed by atoms with E-state index in [0.717, 1.165) is 17.8 Å². The molecule has 118 valence electrons. The highest BCUT2D eigenvalue weighted by Crippen LogP contribution is 2.09. The number of carbonyl (C=O) groups excluding carboxylic acids is 1. The first-order valence-corrected chi connectivity index (χ1v) is 7.20. The minimum absolute atomic E-state index is 0.108. The lowest BCUT2D eigenvalue weighted by Crippen LogP contribution is -2.33. The van der Waals surface area contributed by atoms with Gasteiger partial charge in [-0.15, -0.1) is 0 Å². The first kappa shape index (κ1) is 16.1. The third-order valence-corrected chi connectivity index (χ3v) is 3.25. The Morgan fingerprint density at radius 3 is 2.59 bits per heavy atom. The number of aryl methyl sites for hydroxylation is 2. The van der Waals surface area contributed by atoms with E-state index in [2.05, 4.69) is 15.1 Å². The van der Waals surface area contributed by atoms with Crippen LogP contribution in [0.2, 0.25) is 0 Å². The average Bonchev–Trinajstić information content (AvgIpc) is 2.96. The van der Waals surface area contributed by atoms with E-state index in [9.17, 15) is 4.79 Å². The zero-order chi connectivity index (χ0) is 15.9. The van der Waals surface area contributed by atoms with Crippen molar-refractivity contribution in [2.45, 2.75) is 19.9 Å². The van der Waals surface area contributed by atoms with E-state index in [1.54, 1.807) is 35.3 Å². The molecule has 2 rings (SSSR count). The molecule has 2 aromatic heterocycles. The molecule has 7 nitrogen and oxygen atoms in total. The molecule has 0 atom stereocenters. The number of amides is 1. The van der Waals surface area contributed by atoms with Crippen LogP contribution < -0.4 is 0 Å². The van der Waals surface area contributed by atoms with Crippen molar-refractivity contribution in [2.24, 2.45) is 7.05 Å². The SMILES string of the molecule is CCc1ncc(C(=O)N(CCOC)Cc2cnn(C)c2)cn1. The molecule has 0 aliphatic heterocycles. The second-order valence-electron chi connectivity index (χ2n) is 4.98. The highest BCUT2D eigenvalue weighted by molar-refractivity contribution is 5.93. The molecular formula is C15H21N5O2. The Labute approximate surface area is 129 Å². The van der Waals surface area contributed by atoms with Gasteiger partial charge in [-0.05, 0) is 0 Å². The molecule has 0 saturated heterocycles. The maximum atomic E-state index is 12.6. The van der Waals surface area contributed by atoms with Gasteiger partial charge in [0.05, 0.1) is 18.4 Å². The monoisotopic (exact) mass is 303 g/mol. The predicted octanol–water partition coefficient (Wildman–Crippen LogP) is 1.06. The summed E-state index contributed by atoms with van der Waals surface area (Å²) in [6, 6.07) is 0. The van der Waals surface area contributed by atoms with Crippen LogP contribution in [-0.2, 0) is 24.8 Å². The van der Waals surface area contributed by atoms with Crippen molar-refractivity contribution in [3.8, 4) is 0 Å². The van der Waals surface area contributed by atoms with E-state index >= 15 is 0 Å². The summed E-state index contributed by atoms with van der Waals surface area (Å²) in [7, 11) is 3.47. The molecule has 0 fully saturated rings. The third kappa shape index (κ3) is 4.11. The van der Waals surface area contributed by atoms with Crippen LogP contribution in [0.3, 0.4) is 0 Å². The van der Waals surface area contributed by atoms with Gasteiger partial charge < -0.3 is 9.64 Å². The van der Waals surface area contributed by atoms with Crippen LogP contribution in [0.25, 0.3) is 0 Å². The topological polar surface area (TPSA) is 73.1 Å². The molecule has 0 aliphatic carbocycles. The molecule has 7 heteroatoms. The van der Waals surface area contributed by atoms with Crippen molar-refractivity contribution < 1.29 is 9.53 Å². The van der Waals surface area contributed by atoms with E-state index in [1.807, 2.05) is 20.2 Å². The zero-order valence-electron chi connectivity index (χ0n) is 13.2. The van der Waals surface area contributed by atoms with Gasteiger partial charge in [-0.3, -0.25) is 9.48 Å². The summed E-state index contributed by atoms with van der Waals surface area (Å²) < 4.78 is 6.81. The van der Waals surface area contributed by atoms with Crippen LogP contribution >= 0.6 is 0 Å². The molecule has 0 aliphatic rings. The Bertz CT molecular complexity index is 609. The van der Waals surface area contributed by atoms with Gasteiger partial charge in [0.1, 0.15) is 5.82 Å². The summed E-state index contributed by atoms with van der Waals surface area (Å²) in [5.41, 5.74) is 1.45. The molecule has 0 saturated carbocycles. The second kappa shape index (κ2) is 7.65. The van der Waals surface area contributed by atoms with E-state index in [0.29, 0.717) is 25.3 Å². The fraction of sp³-hybridized carbons (Fsp3) is 0.467. The van der Waals surface area contributed by atoms with Crippen LogP contribution in [0.5, 0.6) is 0 Å². The highest BCUT2D eigenvalue weighted by atomic mass is 16.5. The van der Waals surface area contributed by atoms with E-state index in [1.165, 1.54) is 0 Å². The van der Waals surface area contributed by atoms with E-state index in [4.69, 9.17) is 4.74 Å². The summed E-state index contributed by atoms with van der Waals surface area (Å²) in [6.45, 7) is 3.43. The van der Waals surface area contributed by atoms with Gasteiger partial charge in [-0.25, -0.2) is 9.97 Å². The van der Waals surface area contributed by atoms with Gasteiger partial charge in [0.2, 0.25) is 0 Å². The van der Waals surface area contributed by atoms with Crippen molar-refractivity contribution in [3.05, 3.63) is 41.7 Å². The summed E-state index contributed by atoms with van der Waals surface area (Å²) in [5, 5.41) is 4.13. The minimum Gasteiger partial charge on any atom is -0.383 e. The van der Waals surface area contributed by atoms with Gasteiger partial charge in [0, 0.05) is 57.8 Å². The van der Waals surface area contributed by atoms with Gasteiger partial charge >= 0.3 is 0 Å². The number of hydrogen-bond donors (Lipinski definition) is 0. The number of methoxy groups -OCH3 is 1. The van der Waals surface area contributed by atoms with Crippen molar-refractivity contribution in [1.82, 2.24) is 24.6 Å². The van der Waals surface area contributed by atoms with Crippen LogP contribution in [0.4, 0.5) is 0 Å². The maximum Gasteiger partial charge on any atom is 0.257 e. The van der Waals surface area contributed by atoms with Gasteiger partial charge in [-0.1, -0.05) is 6.92 Å². The van der Waals surface area contributed by atoms with Crippen LogP contribution in [-0.4, -0.2) is 50.8 Å². The smallest absolute Gasteiger partial charge is 0.257 e. The number of carbonyl (C=O) groups is 1. The molecule has 0 bridgehead atoms. The van der Waals surface area contributed by atoms with Crippen molar-refractivity contribution in [1.29, 1.82) is 0 Å². The molecular weight excluding hydrogens is 282 g/mol. The first-order valence-electron chi connectivity index (χ1n) is 7.20. The quantitative estimate of drug-likeness (QED) is 0.765. The Morgan fingerprint density at radius 1 is 1.32 bits per heavy atom. The number of ether oxygens (including phenoxy) is 1. The molecule has 0 N–H and O–H groups in total. The van der Waals surface area contributed by atoms with Crippen molar-refractivity contribution in [3.63, 3.8) is 0 Å². The molecule has 1 amide bonds. The lowest BCUT2D eigenvalue weighted by molar-refractivity contribution is 0.0679. The van der Waals surface area contributed by atoms with Crippen molar-refractivity contribution >= 4 is 5.91 Å². The van der Waals surface area contributed by atoms with Gasteiger partial charge in [-0.2, -0.15) is 5.10 Å². The lowest BCUT2D eigenvalue weighted by atomic mass is 10.2. The molecule has 22 heavy (non-hydrogen) atoms. The van der Waals surface area contributed by atoms with Crippen LogP contribution in [0.1, 0.15) is 28.7 Å². The summed E-state index contributed by atoms with van der Waals surface area (Å²) in [6.07, 6.45) is 7.56. The zero-order valence-corrected chi connectivity index (χ0v) is 13.2. The molecule has 0 radical (unpaired) electrons. The minimum atomic E-state index is -0.108. The standard InChI is InChI=1S/C15H21N5O2/c1-4-14-16-8-13(9-17-14)15(21)20(5-6-22-3)11-12-7-18-19(2)10-12/h7-10H,4-6,11H2,1-3H3. The molecule has 2 aromatic rings. The number of hydrogen-bond acceptors (Lipinski definition) is 5. The summed E-state index contributed by atoms with van der Waals surface area (Å²) in [5.74, 6) is 0.621. The Morgan fingerprint density at radius 2 is 2.05 bits per heavy atom. The van der Waals surface area contributed by atoms with Gasteiger partial charge in [0.25, 0.3) is 5.91 Å². The summed E-state index contributed by atoms with van der Waals surface area (Å²) >= 11 is 0. The predicted molar refractivity (Wildman–Crippen MR) is 81.2 cm³/mol. The number of aromatic nitrogens is 4. The van der Waals surface area contributed by atoms with Crippen molar-refractivity contribution in [2.75, 3.05) is 20.3 Å². The first-order chi connectivity index (χ1) is 10.6. The fourth-order valence-corrected chi connectivity index (χ4v) is 2.06. The van der Waals surface area contributed by atoms with Crippen LogP contribution in [0, 0.1) is 0 Å². The Hall–Kier alpha value is -2.28. The third-order valence-electron chi connectivity index (χ3n) is 3.25. The lowest BCUT2D eigenvalue weighted by Gasteiger charge is -2.21. The molecule has 0 unspecified atom stereocenters. The van der Waals surface area contributed by atoms with E-state index < -0.39 is 0 Å². The number of rotatable bonds is 7. The number of nitrogens with zero attached hydrogens (tertiary/aromatic N) is 5. The largest absolute Gasteiger partial charge is 0.383 e. The Balaban J connectivity index is 2.13. The molecule has 0 aromatic carbocycles. The maximum absolute atomic E-state index is 12.6. The normalized spacial score (nSPS) is 10.7. The summed E-state index contributed by atoms with van der Waals surface area (Å²) in [4.78, 5) is 22.7. The second-order valence-corrected chi connectivity index (χ2v) is 4.98. The van der Waals surface area contributed by atoms with Gasteiger partial charge in [0.15, 0.2) is 0 Å². The highest BCUT2D eigenvalue weighted by Gasteiger charge is 2.17. The Kier molecular flexibility index (Phi) is 5.60. The fourth-order valence-electron chi connectivity index (χ4n) is 2.06.